The largest absolute Gasteiger partial charge is 0.361 e. The molecule has 1 rings (SSSR count). The van der Waals surface area contributed by atoms with Crippen LogP contribution in [0.25, 0.3) is 0 Å². The molecule has 0 bridgehead atoms. The summed E-state index contributed by atoms with van der Waals surface area (Å²) >= 11 is 0. The molecule has 1 saturated heterocycles. The first-order valence-electron chi connectivity index (χ1n) is 5.21. The zero-order chi connectivity index (χ0) is 10.9. The monoisotopic (exact) mass is 200 g/mol. The summed E-state index contributed by atoms with van der Waals surface area (Å²) in [7, 11) is 0. The Morgan fingerprint density at radius 1 is 1.64 bits per heavy atom. The number of aliphatic hydroxyl groups excluding tert-OH is 1. The van der Waals surface area contributed by atoms with Crippen molar-refractivity contribution in [2.75, 3.05) is 0 Å². The third kappa shape index (κ3) is 1.77. The molecule has 14 heavy (non-hydrogen) atoms. The van der Waals surface area contributed by atoms with E-state index in [2.05, 4.69) is 5.32 Å². The van der Waals surface area contributed by atoms with Gasteiger partial charge in [0.25, 0.3) is 0 Å². The minimum Gasteiger partial charge on any atom is -0.361 e. The molecular weight excluding hydrogens is 180 g/mol. The number of hydrogen-bond donors (Lipinski definition) is 2. The molecule has 0 spiro atoms. The first kappa shape index (κ1) is 11.5. The quantitative estimate of drug-likeness (QED) is 0.703. The molecule has 4 heteroatoms. The lowest BCUT2D eigenvalue weighted by molar-refractivity contribution is -0.138. The van der Waals surface area contributed by atoms with Crippen LogP contribution in [0.2, 0.25) is 0 Å². The Morgan fingerprint density at radius 2 is 2.21 bits per heavy atom. The molecule has 1 fully saturated rings. The zero-order valence-electron chi connectivity index (χ0n) is 9.37. The maximum atomic E-state index is 12.0. The second-order valence-corrected chi connectivity index (χ2v) is 4.41. The molecule has 1 amide bonds. The van der Waals surface area contributed by atoms with Crippen LogP contribution in [-0.4, -0.2) is 33.8 Å². The van der Waals surface area contributed by atoms with E-state index in [1.807, 2.05) is 27.7 Å². The number of hydrogen-bond acceptors (Lipinski definition) is 3. The minimum atomic E-state index is -0.834. The van der Waals surface area contributed by atoms with E-state index in [1.54, 1.807) is 0 Å². The summed E-state index contributed by atoms with van der Waals surface area (Å²) in [6, 6.07) is 0.0312. The lowest BCUT2D eigenvalue weighted by Gasteiger charge is -2.24. The Hall–Kier alpha value is -0.610. The van der Waals surface area contributed by atoms with Gasteiger partial charge in [0.05, 0.1) is 5.54 Å². The van der Waals surface area contributed by atoms with Crippen LogP contribution in [0.4, 0.5) is 0 Å². The van der Waals surface area contributed by atoms with Crippen molar-refractivity contribution < 1.29 is 9.90 Å². The number of rotatable bonds is 3. The molecule has 0 aromatic heterocycles. The summed E-state index contributed by atoms with van der Waals surface area (Å²) in [5.41, 5.74) is -0.585. The Kier molecular flexibility index (Phi) is 3.17. The smallest absolute Gasteiger partial charge is 0.246 e. The van der Waals surface area contributed by atoms with Crippen LogP contribution >= 0.6 is 0 Å². The number of nitrogens with one attached hydrogen (secondary N) is 1. The van der Waals surface area contributed by atoms with Crippen molar-refractivity contribution in [3.05, 3.63) is 0 Å². The maximum absolute atomic E-state index is 12.0. The lowest BCUT2D eigenvalue weighted by atomic mass is 9.96. The van der Waals surface area contributed by atoms with Crippen LogP contribution in [0.5, 0.6) is 0 Å². The standard InChI is InChI=1S/C10H20N2O2/c1-5-6-10(4)8(13)12(7(2)3)9(14)11-10/h7,9,11,14H,5-6H2,1-4H3/t9?,10-/m1/s1. The van der Waals surface area contributed by atoms with E-state index in [9.17, 15) is 9.90 Å². The molecule has 0 aromatic carbocycles. The molecule has 2 atom stereocenters. The Bertz CT molecular complexity index is 230. The van der Waals surface area contributed by atoms with Gasteiger partial charge in [-0.05, 0) is 27.2 Å². The highest BCUT2D eigenvalue weighted by molar-refractivity contribution is 5.88. The van der Waals surface area contributed by atoms with Crippen molar-refractivity contribution >= 4 is 5.91 Å². The molecule has 0 saturated carbocycles. The number of nitrogens with zero attached hydrogens (tertiary/aromatic N) is 1. The minimum absolute atomic E-state index is 0.00171. The molecule has 2 N–H and O–H groups in total. The average Bonchev–Trinajstić information content (AvgIpc) is 2.23. The average molecular weight is 200 g/mol. The van der Waals surface area contributed by atoms with Crippen molar-refractivity contribution in [2.24, 2.45) is 0 Å². The van der Waals surface area contributed by atoms with E-state index in [1.165, 1.54) is 4.90 Å². The first-order valence-corrected chi connectivity index (χ1v) is 5.21. The van der Waals surface area contributed by atoms with Crippen molar-refractivity contribution in [3.8, 4) is 0 Å². The van der Waals surface area contributed by atoms with Crippen molar-refractivity contribution in [2.45, 2.75) is 58.5 Å². The lowest BCUT2D eigenvalue weighted by Crippen LogP contribution is -2.44. The summed E-state index contributed by atoms with van der Waals surface area (Å²) in [5, 5.41) is 12.6. The highest BCUT2D eigenvalue weighted by Crippen LogP contribution is 2.25. The maximum Gasteiger partial charge on any atom is 0.246 e. The highest BCUT2D eigenvalue weighted by Gasteiger charge is 2.47. The Morgan fingerprint density at radius 3 is 2.57 bits per heavy atom. The van der Waals surface area contributed by atoms with E-state index in [0.29, 0.717) is 0 Å². The van der Waals surface area contributed by atoms with Crippen LogP contribution < -0.4 is 5.32 Å². The number of carbonyl (C=O) groups is 1. The second-order valence-electron chi connectivity index (χ2n) is 4.41. The predicted molar refractivity (Wildman–Crippen MR) is 54.4 cm³/mol. The van der Waals surface area contributed by atoms with E-state index < -0.39 is 11.9 Å². The summed E-state index contributed by atoms with van der Waals surface area (Å²) in [4.78, 5) is 13.5. The fourth-order valence-electron chi connectivity index (χ4n) is 2.01. The van der Waals surface area contributed by atoms with Gasteiger partial charge < -0.3 is 10.0 Å². The normalized spacial score (nSPS) is 33.1. The van der Waals surface area contributed by atoms with Gasteiger partial charge in [-0.3, -0.25) is 10.1 Å². The van der Waals surface area contributed by atoms with Crippen molar-refractivity contribution in [1.82, 2.24) is 10.2 Å². The molecule has 1 aliphatic heterocycles. The van der Waals surface area contributed by atoms with Crippen LogP contribution in [0.15, 0.2) is 0 Å². The second kappa shape index (κ2) is 3.87. The van der Waals surface area contributed by atoms with Gasteiger partial charge in [0.15, 0.2) is 6.35 Å². The van der Waals surface area contributed by atoms with Gasteiger partial charge in [-0.25, -0.2) is 0 Å². The van der Waals surface area contributed by atoms with Gasteiger partial charge >= 0.3 is 0 Å². The molecule has 82 valence electrons. The van der Waals surface area contributed by atoms with Crippen molar-refractivity contribution in [3.63, 3.8) is 0 Å². The summed E-state index contributed by atoms with van der Waals surface area (Å²) in [5.74, 6) is 0.00171. The fraction of sp³-hybridized carbons (Fsp3) is 0.900. The van der Waals surface area contributed by atoms with Crippen LogP contribution in [0.1, 0.15) is 40.5 Å². The van der Waals surface area contributed by atoms with Gasteiger partial charge in [-0.2, -0.15) is 0 Å². The van der Waals surface area contributed by atoms with Gasteiger partial charge in [0.1, 0.15) is 0 Å². The SMILES string of the molecule is CCC[C@@]1(C)NC(O)N(C(C)C)C1=O. The number of carbonyl (C=O) groups excluding carboxylic acids is 1. The first-order chi connectivity index (χ1) is 6.42. The van der Waals surface area contributed by atoms with Gasteiger partial charge in [0.2, 0.25) is 5.91 Å². The topological polar surface area (TPSA) is 52.6 Å². The third-order valence-electron chi connectivity index (χ3n) is 2.72. The molecule has 0 aromatic rings. The summed E-state index contributed by atoms with van der Waals surface area (Å²) < 4.78 is 0. The van der Waals surface area contributed by atoms with Gasteiger partial charge in [0, 0.05) is 6.04 Å². The summed E-state index contributed by atoms with van der Waals surface area (Å²) in [6.07, 6.45) is 0.846. The number of amides is 1. The molecule has 4 nitrogen and oxygen atoms in total. The Balaban J connectivity index is 2.83. The van der Waals surface area contributed by atoms with Gasteiger partial charge in [-0.1, -0.05) is 13.3 Å². The molecule has 1 unspecified atom stereocenters. The molecular formula is C10H20N2O2. The van der Waals surface area contributed by atoms with Crippen LogP contribution in [0, 0.1) is 0 Å². The predicted octanol–water partition coefficient (Wildman–Crippen LogP) is 0.661. The molecule has 0 aliphatic carbocycles. The molecule has 1 heterocycles. The van der Waals surface area contributed by atoms with E-state index in [0.717, 1.165) is 12.8 Å². The molecule has 1 aliphatic rings. The molecule has 0 radical (unpaired) electrons. The van der Waals surface area contributed by atoms with Crippen LogP contribution in [0.3, 0.4) is 0 Å². The zero-order valence-corrected chi connectivity index (χ0v) is 9.37. The van der Waals surface area contributed by atoms with E-state index in [-0.39, 0.29) is 11.9 Å². The highest BCUT2D eigenvalue weighted by atomic mass is 16.3. The van der Waals surface area contributed by atoms with Crippen LogP contribution in [-0.2, 0) is 4.79 Å². The van der Waals surface area contributed by atoms with Crippen molar-refractivity contribution in [1.29, 1.82) is 0 Å². The van der Waals surface area contributed by atoms with Gasteiger partial charge in [-0.15, -0.1) is 0 Å². The third-order valence-corrected chi connectivity index (χ3v) is 2.72. The Labute approximate surface area is 85.3 Å². The fourth-order valence-corrected chi connectivity index (χ4v) is 2.01. The van der Waals surface area contributed by atoms with E-state index in [4.69, 9.17) is 0 Å². The summed E-state index contributed by atoms with van der Waals surface area (Å²) in [6.45, 7) is 7.69. The number of aliphatic hydroxyl groups is 1. The van der Waals surface area contributed by atoms with E-state index >= 15 is 0 Å².